The molecule has 0 aromatic carbocycles. The summed E-state index contributed by atoms with van der Waals surface area (Å²) in [5.74, 6) is 6.29. The van der Waals surface area contributed by atoms with Crippen molar-refractivity contribution in [3.8, 4) is 17.9 Å². The SMILES string of the molecule is CC#CCNc1cccc(C#N)n1. The molecule has 1 aromatic heterocycles. The zero-order chi connectivity index (χ0) is 9.52. The third-order valence-corrected chi connectivity index (χ3v) is 1.40. The lowest BCUT2D eigenvalue weighted by Crippen LogP contribution is -2.01. The number of anilines is 1. The van der Waals surface area contributed by atoms with Gasteiger partial charge in [-0.2, -0.15) is 5.26 Å². The molecule has 13 heavy (non-hydrogen) atoms. The summed E-state index contributed by atoms with van der Waals surface area (Å²) in [6.45, 7) is 2.33. The summed E-state index contributed by atoms with van der Waals surface area (Å²) in [5.41, 5.74) is 0.412. The zero-order valence-corrected chi connectivity index (χ0v) is 7.33. The molecule has 0 fully saturated rings. The fraction of sp³-hybridized carbons (Fsp3) is 0.200. The van der Waals surface area contributed by atoms with E-state index in [9.17, 15) is 0 Å². The van der Waals surface area contributed by atoms with Gasteiger partial charge < -0.3 is 5.32 Å². The van der Waals surface area contributed by atoms with Gasteiger partial charge in [-0.3, -0.25) is 0 Å². The Morgan fingerprint density at radius 2 is 2.38 bits per heavy atom. The normalized spacial score (nSPS) is 8.00. The molecule has 1 rings (SSSR count). The Morgan fingerprint density at radius 1 is 1.54 bits per heavy atom. The van der Waals surface area contributed by atoms with Crippen LogP contribution in [0, 0.1) is 23.2 Å². The van der Waals surface area contributed by atoms with Crippen LogP contribution < -0.4 is 5.32 Å². The molecule has 0 unspecified atom stereocenters. The van der Waals surface area contributed by atoms with Crippen LogP contribution in [0.25, 0.3) is 0 Å². The fourth-order valence-electron chi connectivity index (χ4n) is 0.819. The highest BCUT2D eigenvalue weighted by Gasteiger charge is 1.93. The quantitative estimate of drug-likeness (QED) is 0.684. The molecule has 0 spiro atoms. The average Bonchev–Trinajstić information content (AvgIpc) is 2.19. The van der Waals surface area contributed by atoms with Gasteiger partial charge in [-0.05, 0) is 19.1 Å². The lowest BCUT2D eigenvalue weighted by molar-refractivity contribution is 1.21. The molecule has 1 N–H and O–H groups in total. The van der Waals surface area contributed by atoms with Crippen LogP contribution in [0.3, 0.4) is 0 Å². The lowest BCUT2D eigenvalue weighted by Gasteiger charge is -1.99. The van der Waals surface area contributed by atoms with Gasteiger partial charge in [-0.25, -0.2) is 4.98 Å². The van der Waals surface area contributed by atoms with E-state index in [1.165, 1.54) is 0 Å². The molecule has 0 saturated carbocycles. The molecule has 0 bridgehead atoms. The summed E-state index contributed by atoms with van der Waals surface area (Å²) in [5, 5.41) is 11.5. The number of hydrogen-bond acceptors (Lipinski definition) is 3. The Balaban J connectivity index is 2.66. The topological polar surface area (TPSA) is 48.7 Å². The summed E-state index contributed by atoms with van der Waals surface area (Å²) in [7, 11) is 0. The standard InChI is InChI=1S/C10H9N3/c1-2-3-7-12-10-6-4-5-9(8-11)13-10/h4-6H,7H2,1H3,(H,12,13). The number of nitriles is 1. The zero-order valence-electron chi connectivity index (χ0n) is 7.33. The van der Waals surface area contributed by atoms with Crippen LogP contribution in [-0.4, -0.2) is 11.5 Å². The number of pyridine rings is 1. The minimum absolute atomic E-state index is 0.412. The van der Waals surface area contributed by atoms with E-state index in [-0.39, 0.29) is 0 Å². The Bertz CT molecular complexity index is 379. The van der Waals surface area contributed by atoms with Crippen LogP contribution in [0.15, 0.2) is 18.2 Å². The average molecular weight is 171 g/mol. The van der Waals surface area contributed by atoms with Crippen molar-refractivity contribution >= 4 is 5.82 Å². The van der Waals surface area contributed by atoms with Crippen molar-refractivity contribution in [1.82, 2.24) is 4.98 Å². The summed E-state index contributed by atoms with van der Waals surface area (Å²) in [6, 6.07) is 7.22. The molecular weight excluding hydrogens is 162 g/mol. The van der Waals surface area contributed by atoms with E-state index in [4.69, 9.17) is 5.26 Å². The van der Waals surface area contributed by atoms with Gasteiger partial charge in [0.2, 0.25) is 0 Å². The van der Waals surface area contributed by atoms with Gasteiger partial charge in [-0.15, -0.1) is 5.92 Å². The Kier molecular flexibility index (Phi) is 3.35. The number of nitrogens with one attached hydrogen (secondary N) is 1. The van der Waals surface area contributed by atoms with Crippen LogP contribution in [0.5, 0.6) is 0 Å². The Hall–Kier alpha value is -2.00. The minimum Gasteiger partial charge on any atom is -0.359 e. The van der Waals surface area contributed by atoms with Gasteiger partial charge in [0.15, 0.2) is 0 Å². The van der Waals surface area contributed by atoms with Gasteiger partial charge >= 0.3 is 0 Å². The molecule has 3 nitrogen and oxygen atoms in total. The predicted molar refractivity (Wildman–Crippen MR) is 50.9 cm³/mol. The maximum atomic E-state index is 8.57. The highest BCUT2D eigenvalue weighted by atomic mass is 15.0. The van der Waals surface area contributed by atoms with Gasteiger partial charge in [0.1, 0.15) is 17.6 Å². The summed E-state index contributed by atoms with van der Waals surface area (Å²) >= 11 is 0. The van der Waals surface area contributed by atoms with Crippen molar-refractivity contribution in [2.45, 2.75) is 6.92 Å². The first-order chi connectivity index (χ1) is 6.36. The minimum atomic E-state index is 0.412. The second-order valence-electron chi connectivity index (χ2n) is 2.30. The molecule has 0 saturated heterocycles. The second-order valence-corrected chi connectivity index (χ2v) is 2.30. The van der Waals surface area contributed by atoms with E-state index in [1.807, 2.05) is 6.07 Å². The molecule has 64 valence electrons. The number of nitrogens with zero attached hydrogens (tertiary/aromatic N) is 2. The van der Waals surface area contributed by atoms with Crippen molar-refractivity contribution < 1.29 is 0 Å². The molecular formula is C10H9N3. The molecule has 0 amide bonds. The summed E-state index contributed by atoms with van der Waals surface area (Å²) < 4.78 is 0. The molecule has 1 heterocycles. The van der Waals surface area contributed by atoms with Crippen molar-refractivity contribution in [3.05, 3.63) is 23.9 Å². The molecule has 0 aliphatic rings. The monoisotopic (exact) mass is 171 g/mol. The molecule has 0 atom stereocenters. The molecule has 0 aliphatic heterocycles. The van der Waals surface area contributed by atoms with Gasteiger partial charge in [-0.1, -0.05) is 12.0 Å². The highest BCUT2D eigenvalue weighted by molar-refractivity contribution is 5.39. The van der Waals surface area contributed by atoms with Crippen LogP contribution >= 0.6 is 0 Å². The van der Waals surface area contributed by atoms with E-state index in [2.05, 4.69) is 22.1 Å². The van der Waals surface area contributed by atoms with Crippen LogP contribution in [0.1, 0.15) is 12.6 Å². The smallest absolute Gasteiger partial charge is 0.142 e. The van der Waals surface area contributed by atoms with E-state index in [0.29, 0.717) is 18.1 Å². The predicted octanol–water partition coefficient (Wildman–Crippen LogP) is 1.39. The first-order valence-corrected chi connectivity index (χ1v) is 3.87. The number of rotatable bonds is 2. The highest BCUT2D eigenvalue weighted by Crippen LogP contribution is 2.02. The lowest BCUT2D eigenvalue weighted by atomic mass is 10.3. The maximum Gasteiger partial charge on any atom is 0.142 e. The van der Waals surface area contributed by atoms with Crippen LogP contribution in [0.4, 0.5) is 5.82 Å². The van der Waals surface area contributed by atoms with E-state index in [1.54, 1.807) is 25.1 Å². The number of aromatic nitrogens is 1. The Labute approximate surface area is 77.4 Å². The van der Waals surface area contributed by atoms with E-state index < -0.39 is 0 Å². The van der Waals surface area contributed by atoms with Crippen LogP contribution in [-0.2, 0) is 0 Å². The van der Waals surface area contributed by atoms with Gasteiger partial charge in [0, 0.05) is 0 Å². The molecule has 0 aliphatic carbocycles. The van der Waals surface area contributed by atoms with Crippen molar-refractivity contribution in [2.75, 3.05) is 11.9 Å². The fourth-order valence-corrected chi connectivity index (χ4v) is 0.819. The van der Waals surface area contributed by atoms with Crippen LogP contribution in [0.2, 0.25) is 0 Å². The summed E-state index contributed by atoms with van der Waals surface area (Å²) in [6.07, 6.45) is 0. The van der Waals surface area contributed by atoms with E-state index in [0.717, 1.165) is 0 Å². The van der Waals surface area contributed by atoms with E-state index >= 15 is 0 Å². The summed E-state index contributed by atoms with van der Waals surface area (Å²) in [4.78, 5) is 4.02. The van der Waals surface area contributed by atoms with Crippen molar-refractivity contribution in [1.29, 1.82) is 5.26 Å². The molecule has 0 radical (unpaired) electrons. The molecule has 3 heteroatoms. The first kappa shape index (κ1) is 9.09. The second kappa shape index (κ2) is 4.79. The molecule has 1 aromatic rings. The third kappa shape index (κ3) is 2.84. The number of hydrogen-bond donors (Lipinski definition) is 1. The van der Waals surface area contributed by atoms with Gasteiger partial charge in [0.05, 0.1) is 6.54 Å². The third-order valence-electron chi connectivity index (χ3n) is 1.40. The van der Waals surface area contributed by atoms with Crippen molar-refractivity contribution in [3.63, 3.8) is 0 Å². The maximum absolute atomic E-state index is 8.57. The first-order valence-electron chi connectivity index (χ1n) is 3.87. The van der Waals surface area contributed by atoms with Crippen molar-refractivity contribution in [2.24, 2.45) is 0 Å². The Morgan fingerprint density at radius 3 is 3.08 bits per heavy atom. The largest absolute Gasteiger partial charge is 0.359 e. The van der Waals surface area contributed by atoms with Gasteiger partial charge in [0.25, 0.3) is 0 Å².